The Labute approximate surface area is 199 Å². The average molecular weight is 508 g/mol. The average Bonchev–Trinajstić information content (AvgIpc) is 3.05. The molecule has 1 N–H and O–H groups in total. The number of aryl methyl sites for hydroxylation is 2. The van der Waals surface area contributed by atoms with Gasteiger partial charge in [0, 0.05) is 9.90 Å². The molecule has 0 bridgehead atoms. The zero-order chi connectivity index (χ0) is 24.8. The van der Waals surface area contributed by atoms with Gasteiger partial charge in [0.2, 0.25) is 5.91 Å². The molecule has 0 unspecified atom stereocenters. The highest BCUT2D eigenvalue weighted by Gasteiger charge is 2.33. The van der Waals surface area contributed by atoms with Gasteiger partial charge in [-0.05, 0) is 49.7 Å². The van der Waals surface area contributed by atoms with E-state index in [1.165, 1.54) is 24.3 Å². The zero-order valence-corrected chi connectivity index (χ0v) is 19.4. The van der Waals surface area contributed by atoms with Crippen molar-refractivity contribution in [3.8, 4) is 5.69 Å². The van der Waals surface area contributed by atoms with Crippen molar-refractivity contribution in [3.05, 3.63) is 90.4 Å². The van der Waals surface area contributed by atoms with E-state index in [-0.39, 0.29) is 15.9 Å². The second-order valence-corrected chi connectivity index (χ2v) is 9.18. The molecule has 0 fully saturated rings. The van der Waals surface area contributed by atoms with Crippen LogP contribution in [0.25, 0.3) is 15.9 Å². The number of nitrogens with one attached hydrogen (secondary N) is 1. The third-order valence-electron chi connectivity index (χ3n) is 5.33. The maximum atomic E-state index is 13.4. The van der Waals surface area contributed by atoms with Gasteiger partial charge >= 0.3 is 11.9 Å². The maximum absolute atomic E-state index is 13.4. The number of aromatic nitrogens is 2. The smallest absolute Gasteiger partial charge is 0.324 e. The second kappa shape index (κ2) is 8.77. The van der Waals surface area contributed by atoms with E-state index in [0.29, 0.717) is 10.6 Å². The van der Waals surface area contributed by atoms with E-state index >= 15 is 0 Å². The molecule has 6 nitrogen and oxygen atoms in total. The van der Waals surface area contributed by atoms with Gasteiger partial charge in [-0.3, -0.25) is 14.2 Å². The fourth-order valence-electron chi connectivity index (χ4n) is 3.61. The number of fused-ring (bicyclic) bond motifs is 1. The van der Waals surface area contributed by atoms with Crippen LogP contribution in [0.4, 0.5) is 18.9 Å². The number of hydrogen-bond acceptors (Lipinski definition) is 4. The summed E-state index contributed by atoms with van der Waals surface area (Å²) in [6, 6.07) is 10.7. The molecule has 34 heavy (non-hydrogen) atoms. The summed E-state index contributed by atoms with van der Waals surface area (Å²) < 4.78 is 41.9. The molecule has 0 aliphatic heterocycles. The summed E-state index contributed by atoms with van der Waals surface area (Å²) in [6.07, 6.45) is -4.67. The van der Waals surface area contributed by atoms with Crippen LogP contribution in [0.1, 0.15) is 16.0 Å². The van der Waals surface area contributed by atoms with Crippen molar-refractivity contribution < 1.29 is 18.0 Å². The summed E-state index contributed by atoms with van der Waals surface area (Å²) in [5.41, 5.74) is -1.94. The van der Waals surface area contributed by atoms with Gasteiger partial charge in [-0.25, -0.2) is 9.36 Å². The van der Waals surface area contributed by atoms with Gasteiger partial charge in [0.15, 0.2) is 0 Å². The fourth-order valence-corrected chi connectivity index (χ4v) is 4.94. The zero-order valence-electron chi connectivity index (χ0n) is 17.9. The van der Waals surface area contributed by atoms with Crippen molar-refractivity contribution in [3.63, 3.8) is 0 Å². The lowest BCUT2D eigenvalue weighted by Crippen LogP contribution is -2.40. The Morgan fingerprint density at radius 2 is 1.79 bits per heavy atom. The summed E-state index contributed by atoms with van der Waals surface area (Å²) in [6.45, 7) is 2.91. The number of anilines is 1. The minimum Gasteiger partial charge on any atom is -0.324 e. The lowest BCUT2D eigenvalue weighted by atomic mass is 10.1. The van der Waals surface area contributed by atoms with Crippen LogP contribution in [0.2, 0.25) is 5.02 Å². The Hall–Kier alpha value is -3.37. The third kappa shape index (κ3) is 4.26. The normalized spacial score (nSPS) is 11.7. The molecule has 2 heterocycles. The molecule has 176 valence electrons. The number of thiophene rings is 1. The number of carbonyl (C=O) groups is 1. The highest BCUT2D eigenvalue weighted by Crippen LogP contribution is 2.34. The minimum absolute atomic E-state index is 0.212. The van der Waals surface area contributed by atoms with Crippen LogP contribution in [0.3, 0.4) is 0 Å². The van der Waals surface area contributed by atoms with Crippen LogP contribution < -0.4 is 16.6 Å². The molecule has 0 aliphatic carbocycles. The van der Waals surface area contributed by atoms with Crippen molar-refractivity contribution >= 4 is 44.7 Å². The van der Waals surface area contributed by atoms with Gasteiger partial charge in [0.05, 0.1) is 22.3 Å². The molecule has 0 aliphatic rings. The quantitative estimate of drug-likeness (QED) is 0.415. The van der Waals surface area contributed by atoms with Gasteiger partial charge < -0.3 is 5.32 Å². The van der Waals surface area contributed by atoms with Crippen molar-refractivity contribution in [2.45, 2.75) is 26.6 Å². The van der Waals surface area contributed by atoms with E-state index in [1.807, 2.05) is 0 Å². The predicted octanol–water partition coefficient (Wildman–Crippen LogP) is 5.14. The largest absolute Gasteiger partial charge is 0.418 e. The van der Waals surface area contributed by atoms with Crippen molar-refractivity contribution in [1.82, 2.24) is 9.13 Å². The maximum Gasteiger partial charge on any atom is 0.418 e. The Morgan fingerprint density at radius 1 is 1.09 bits per heavy atom. The fraction of sp³-hybridized carbons (Fsp3) is 0.174. The van der Waals surface area contributed by atoms with Crippen LogP contribution in [-0.4, -0.2) is 15.0 Å². The van der Waals surface area contributed by atoms with Crippen molar-refractivity contribution in [2.24, 2.45) is 0 Å². The van der Waals surface area contributed by atoms with Gasteiger partial charge in [-0.2, -0.15) is 13.2 Å². The first-order valence-corrected chi connectivity index (χ1v) is 11.2. The molecule has 11 heteroatoms. The molecular formula is C23H17ClF3N3O3S. The van der Waals surface area contributed by atoms with Crippen LogP contribution in [-0.2, 0) is 17.5 Å². The third-order valence-corrected chi connectivity index (χ3v) is 6.79. The molecule has 2 aromatic carbocycles. The highest BCUT2D eigenvalue weighted by atomic mass is 35.5. The molecule has 0 saturated heterocycles. The Balaban J connectivity index is 1.85. The molecule has 0 spiro atoms. The van der Waals surface area contributed by atoms with Gasteiger partial charge in [0.25, 0.3) is 5.56 Å². The lowest BCUT2D eigenvalue weighted by molar-refractivity contribution is -0.137. The Morgan fingerprint density at radius 3 is 2.47 bits per heavy atom. The van der Waals surface area contributed by atoms with E-state index in [0.717, 1.165) is 37.5 Å². The Kier molecular flexibility index (Phi) is 6.13. The van der Waals surface area contributed by atoms with Gasteiger partial charge in [0.1, 0.15) is 11.4 Å². The number of para-hydroxylation sites is 1. The summed E-state index contributed by atoms with van der Waals surface area (Å²) in [5.74, 6) is -0.847. The van der Waals surface area contributed by atoms with E-state index < -0.39 is 41.1 Å². The van der Waals surface area contributed by atoms with Crippen LogP contribution >= 0.6 is 22.9 Å². The predicted molar refractivity (Wildman–Crippen MR) is 126 cm³/mol. The van der Waals surface area contributed by atoms with E-state index in [9.17, 15) is 27.6 Å². The number of rotatable bonds is 4. The number of benzene rings is 2. The standard InChI is InChI=1S/C23H17ClF3N3O3S/c1-12-13(2)34-21-19(12)20(32)30(15-7-5-6-14(24)10-15)22(33)29(21)11-18(31)28-17-9-4-3-8-16(17)23(25,26)27/h3-10H,11H2,1-2H3,(H,28,31). The molecule has 4 rings (SSSR count). The highest BCUT2D eigenvalue weighted by molar-refractivity contribution is 7.18. The SMILES string of the molecule is Cc1sc2c(c1C)c(=O)n(-c1cccc(Cl)c1)c(=O)n2CC(=O)Nc1ccccc1C(F)(F)F. The lowest BCUT2D eigenvalue weighted by Gasteiger charge is -2.15. The molecule has 2 aromatic heterocycles. The van der Waals surface area contributed by atoms with Crippen molar-refractivity contribution in [1.29, 1.82) is 0 Å². The molecule has 1 amide bonds. The van der Waals surface area contributed by atoms with Crippen LogP contribution in [0.15, 0.2) is 58.1 Å². The molecule has 0 radical (unpaired) electrons. The number of halogens is 4. The summed E-state index contributed by atoms with van der Waals surface area (Å²) in [7, 11) is 0. The first-order chi connectivity index (χ1) is 16.0. The van der Waals surface area contributed by atoms with E-state index in [2.05, 4.69) is 5.32 Å². The number of nitrogens with zero attached hydrogens (tertiary/aromatic N) is 2. The number of amides is 1. The monoisotopic (exact) mass is 507 g/mol. The van der Waals surface area contributed by atoms with Gasteiger partial charge in [-0.1, -0.05) is 29.8 Å². The topological polar surface area (TPSA) is 73.1 Å². The van der Waals surface area contributed by atoms with Crippen LogP contribution in [0.5, 0.6) is 0 Å². The first kappa shape index (κ1) is 23.8. The summed E-state index contributed by atoms with van der Waals surface area (Å²) >= 11 is 7.20. The number of hydrogen-bond donors (Lipinski definition) is 1. The summed E-state index contributed by atoms with van der Waals surface area (Å²) in [5, 5.41) is 2.80. The minimum atomic E-state index is -4.67. The summed E-state index contributed by atoms with van der Waals surface area (Å²) in [4.78, 5) is 40.5. The first-order valence-electron chi connectivity index (χ1n) is 9.96. The number of carbonyl (C=O) groups excluding carboxylic acids is 1. The van der Waals surface area contributed by atoms with E-state index in [4.69, 9.17) is 11.6 Å². The van der Waals surface area contributed by atoms with Crippen molar-refractivity contribution in [2.75, 3.05) is 5.32 Å². The number of alkyl halides is 3. The molecular weight excluding hydrogens is 491 g/mol. The molecule has 0 saturated carbocycles. The van der Waals surface area contributed by atoms with E-state index in [1.54, 1.807) is 26.0 Å². The van der Waals surface area contributed by atoms with Crippen LogP contribution in [0, 0.1) is 13.8 Å². The van der Waals surface area contributed by atoms with Gasteiger partial charge in [-0.15, -0.1) is 11.3 Å². The molecule has 4 aromatic rings. The molecule has 0 atom stereocenters. The Bertz CT molecular complexity index is 1550. The second-order valence-electron chi connectivity index (χ2n) is 7.54.